The summed E-state index contributed by atoms with van der Waals surface area (Å²) < 4.78 is 2.88. The molecule has 1 aliphatic carbocycles. The normalized spacial score (nSPS) is 20.6. The molecule has 3 aromatic rings. The molecular weight excluding hydrogens is 422 g/mol. The lowest BCUT2D eigenvalue weighted by atomic mass is 9.92. The van der Waals surface area contributed by atoms with Gasteiger partial charge in [0.05, 0.1) is 11.9 Å². The fourth-order valence-corrected chi connectivity index (χ4v) is 6.77. The van der Waals surface area contributed by atoms with Crippen LogP contribution in [0.3, 0.4) is 0 Å². The third-order valence-electron chi connectivity index (χ3n) is 6.77. The number of benzene rings is 1. The van der Waals surface area contributed by atoms with E-state index < -0.39 is 5.69 Å². The number of aromatic nitrogens is 2. The zero-order valence-corrected chi connectivity index (χ0v) is 19.5. The lowest BCUT2D eigenvalue weighted by Gasteiger charge is -2.35. The van der Waals surface area contributed by atoms with Crippen LogP contribution in [0.5, 0.6) is 0 Å². The van der Waals surface area contributed by atoms with Crippen molar-refractivity contribution in [2.45, 2.75) is 52.6 Å². The van der Waals surface area contributed by atoms with Gasteiger partial charge in [0, 0.05) is 18.0 Å². The maximum atomic E-state index is 13.5. The average molecular weight is 452 g/mol. The van der Waals surface area contributed by atoms with Crippen LogP contribution in [0.2, 0.25) is 0 Å². The summed E-state index contributed by atoms with van der Waals surface area (Å²) in [4.78, 5) is 44.0. The minimum atomic E-state index is -0.391. The Kier molecular flexibility index (Phi) is 5.53. The second-order valence-electron chi connectivity index (χ2n) is 9.53. The van der Waals surface area contributed by atoms with Gasteiger partial charge in [-0.05, 0) is 48.6 Å². The fraction of sp³-hybridized carbons (Fsp3) is 0.480. The lowest BCUT2D eigenvalue weighted by molar-refractivity contribution is -0.134. The van der Waals surface area contributed by atoms with E-state index in [0.29, 0.717) is 22.1 Å². The first-order chi connectivity index (χ1) is 15.4. The predicted molar refractivity (Wildman–Crippen MR) is 127 cm³/mol. The molecule has 1 amide bonds. The van der Waals surface area contributed by atoms with Gasteiger partial charge in [0.25, 0.3) is 5.56 Å². The van der Waals surface area contributed by atoms with Crippen LogP contribution in [0.1, 0.15) is 42.7 Å². The van der Waals surface area contributed by atoms with Gasteiger partial charge in [-0.2, -0.15) is 0 Å². The molecule has 1 saturated heterocycles. The molecule has 1 fully saturated rings. The minimum absolute atomic E-state index is 0.0107. The number of nitrogens with zero attached hydrogens (tertiary/aromatic N) is 3. The Labute approximate surface area is 191 Å². The van der Waals surface area contributed by atoms with Gasteiger partial charge in [-0.3, -0.25) is 18.7 Å². The van der Waals surface area contributed by atoms with E-state index >= 15 is 0 Å². The van der Waals surface area contributed by atoms with Crippen LogP contribution in [0.15, 0.2) is 39.9 Å². The lowest BCUT2D eigenvalue weighted by Crippen LogP contribution is -2.47. The molecule has 32 heavy (non-hydrogen) atoms. The van der Waals surface area contributed by atoms with Crippen LogP contribution < -0.4 is 11.2 Å². The quantitative estimate of drug-likeness (QED) is 0.612. The first kappa shape index (κ1) is 21.2. The first-order valence-electron chi connectivity index (χ1n) is 11.5. The molecule has 1 aliphatic heterocycles. The summed E-state index contributed by atoms with van der Waals surface area (Å²) in [5.74, 6) is 0.874. The third-order valence-corrected chi connectivity index (χ3v) is 8.08. The van der Waals surface area contributed by atoms with E-state index in [0.717, 1.165) is 49.9 Å². The predicted octanol–water partition coefficient (Wildman–Crippen LogP) is 3.27. The summed E-state index contributed by atoms with van der Waals surface area (Å²) in [6.45, 7) is 6.00. The standard InChI is InChI=1S/C25H29N3O3S/c1-16-11-17(2)13-26(12-16)21(29)15-28-24-22(19-9-6-10-20(19)32-24)23(30)27(25(28)31)14-18-7-4-3-5-8-18/h3-5,7-8,16-17H,6,9-15H2,1-2H3/t16-,17-/m0/s1. The maximum absolute atomic E-state index is 13.5. The van der Waals surface area contributed by atoms with E-state index in [4.69, 9.17) is 0 Å². The second kappa shape index (κ2) is 8.35. The number of piperidine rings is 1. The van der Waals surface area contributed by atoms with Crippen molar-refractivity contribution in [1.82, 2.24) is 14.0 Å². The van der Waals surface area contributed by atoms with Crippen molar-refractivity contribution in [3.05, 3.63) is 67.2 Å². The van der Waals surface area contributed by atoms with E-state index in [1.54, 1.807) is 4.57 Å². The zero-order chi connectivity index (χ0) is 22.4. The van der Waals surface area contributed by atoms with Crippen LogP contribution in [0, 0.1) is 11.8 Å². The summed E-state index contributed by atoms with van der Waals surface area (Å²) in [5.41, 5.74) is 1.36. The van der Waals surface area contributed by atoms with Gasteiger partial charge in [-0.1, -0.05) is 44.2 Å². The van der Waals surface area contributed by atoms with Crippen LogP contribution >= 0.6 is 11.3 Å². The van der Waals surface area contributed by atoms with Crippen LogP contribution in [-0.2, 0) is 30.7 Å². The Hall–Kier alpha value is -2.67. The topological polar surface area (TPSA) is 64.3 Å². The van der Waals surface area contributed by atoms with E-state index in [-0.39, 0.29) is 24.6 Å². The molecule has 7 heteroatoms. The van der Waals surface area contributed by atoms with Gasteiger partial charge < -0.3 is 4.90 Å². The van der Waals surface area contributed by atoms with E-state index in [2.05, 4.69) is 13.8 Å². The number of carbonyl (C=O) groups is 1. The van der Waals surface area contributed by atoms with Gasteiger partial charge in [0.2, 0.25) is 5.91 Å². The molecule has 0 bridgehead atoms. The number of amides is 1. The van der Waals surface area contributed by atoms with Gasteiger partial charge in [0.1, 0.15) is 11.4 Å². The molecular formula is C25H29N3O3S. The van der Waals surface area contributed by atoms with E-state index in [1.807, 2.05) is 35.2 Å². The molecule has 6 nitrogen and oxygen atoms in total. The van der Waals surface area contributed by atoms with Crippen molar-refractivity contribution in [3.8, 4) is 0 Å². The van der Waals surface area contributed by atoms with Crippen LogP contribution in [-0.4, -0.2) is 33.0 Å². The summed E-state index contributed by atoms with van der Waals surface area (Å²) in [6, 6.07) is 9.56. The molecule has 2 aromatic heterocycles. The van der Waals surface area contributed by atoms with Crippen LogP contribution in [0.25, 0.3) is 10.2 Å². The molecule has 0 unspecified atom stereocenters. The molecule has 0 spiro atoms. The van der Waals surface area contributed by atoms with Crippen molar-refractivity contribution < 1.29 is 4.79 Å². The zero-order valence-electron chi connectivity index (χ0n) is 18.7. The Morgan fingerprint density at radius 3 is 2.47 bits per heavy atom. The highest BCUT2D eigenvalue weighted by atomic mass is 32.1. The number of hydrogen-bond donors (Lipinski definition) is 0. The Morgan fingerprint density at radius 1 is 1.03 bits per heavy atom. The number of aryl methyl sites for hydroxylation is 2. The van der Waals surface area contributed by atoms with E-state index in [1.165, 1.54) is 20.8 Å². The second-order valence-corrected chi connectivity index (χ2v) is 10.6. The van der Waals surface area contributed by atoms with Gasteiger partial charge in [-0.25, -0.2) is 4.79 Å². The largest absolute Gasteiger partial charge is 0.341 e. The summed E-state index contributed by atoms with van der Waals surface area (Å²) in [5, 5.41) is 0.645. The minimum Gasteiger partial charge on any atom is -0.341 e. The summed E-state index contributed by atoms with van der Waals surface area (Å²) in [7, 11) is 0. The SMILES string of the molecule is C[C@H]1C[C@H](C)CN(C(=O)Cn2c(=O)n(Cc3ccccc3)c(=O)c3c4c(sc32)CCC4)C1. The molecule has 2 atom stereocenters. The van der Waals surface area contributed by atoms with E-state index in [9.17, 15) is 14.4 Å². The number of thiophene rings is 1. The monoisotopic (exact) mass is 451 g/mol. The molecule has 168 valence electrons. The van der Waals surface area contributed by atoms with Gasteiger partial charge in [-0.15, -0.1) is 11.3 Å². The maximum Gasteiger partial charge on any atom is 0.332 e. The van der Waals surface area contributed by atoms with Crippen molar-refractivity contribution in [2.75, 3.05) is 13.1 Å². The number of hydrogen-bond acceptors (Lipinski definition) is 4. The average Bonchev–Trinajstić information content (AvgIpc) is 3.35. The summed E-state index contributed by atoms with van der Waals surface area (Å²) in [6.07, 6.45) is 3.96. The molecule has 0 N–H and O–H groups in total. The van der Waals surface area contributed by atoms with Crippen molar-refractivity contribution in [3.63, 3.8) is 0 Å². The molecule has 0 radical (unpaired) electrons. The highest BCUT2D eigenvalue weighted by Gasteiger charge is 2.29. The number of fused-ring (bicyclic) bond motifs is 3. The Bertz CT molecular complexity index is 1280. The first-order valence-corrected chi connectivity index (χ1v) is 12.3. The van der Waals surface area contributed by atoms with Crippen molar-refractivity contribution in [1.29, 1.82) is 0 Å². The number of likely N-dealkylation sites (tertiary alicyclic amines) is 1. The Balaban J connectivity index is 1.60. The molecule has 1 aromatic carbocycles. The fourth-order valence-electron chi connectivity index (χ4n) is 5.40. The molecule has 0 saturated carbocycles. The van der Waals surface area contributed by atoms with Crippen molar-refractivity contribution in [2.24, 2.45) is 11.8 Å². The van der Waals surface area contributed by atoms with Gasteiger partial charge in [0.15, 0.2) is 0 Å². The molecule has 5 rings (SSSR count). The number of carbonyl (C=O) groups excluding carboxylic acids is 1. The van der Waals surface area contributed by atoms with Crippen LogP contribution in [0.4, 0.5) is 0 Å². The van der Waals surface area contributed by atoms with Gasteiger partial charge >= 0.3 is 5.69 Å². The summed E-state index contributed by atoms with van der Waals surface area (Å²) >= 11 is 1.52. The Morgan fingerprint density at radius 2 is 1.75 bits per heavy atom. The molecule has 3 heterocycles. The third kappa shape index (κ3) is 3.72. The molecule has 2 aliphatic rings. The highest BCUT2D eigenvalue weighted by molar-refractivity contribution is 7.19. The van der Waals surface area contributed by atoms with Crippen molar-refractivity contribution >= 4 is 27.5 Å². The number of rotatable bonds is 4. The highest BCUT2D eigenvalue weighted by Crippen LogP contribution is 2.35. The smallest absolute Gasteiger partial charge is 0.332 e.